The fourth-order valence-corrected chi connectivity index (χ4v) is 4.38. The molecule has 0 bridgehead atoms. The first-order chi connectivity index (χ1) is 16.6. The average molecular weight is 478 g/mol. The predicted molar refractivity (Wildman–Crippen MR) is 139 cm³/mol. The van der Waals surface area contributed by atoms with Crippen molar-refractivity contribution in [3.8, 4) is 11.5 Å². The van der Waals surface area contributed by atoms with Gasteiger partial charge >= 0.3 is 0 Å². The molecule has 0 saturated carbocycles. The molecule has 4 rings (SSSR count). The van der Waals surface area contributed by atoms with E-state index in [0.717, 1.165) is 66.9 Å². The minimum Gasteiger partial charge on any atom is -0.497 e. The second kappa shape index (κ2) is 12.1. The minimum atomic E-state index is 0.676. The van der Waals surface area contributed by atoms with Gasteiger partial charge in [0, 0.05) is 24.7 Å². The molecule has 1 heterocycles. The van der Waals surface area contributed by atoms with Gasteiger partial charge in [0.05, 0.1) is 20.3 Å². The summed E-state index contributed by atoms with van der Waals surface area (Å²) in [5.74, 6) is 1.76. The molecule has 0 amide bonds. The molecule has 0 radical (unpaired) electrons. The zero-order valence-corrected chi connectivity index (χ0v) is 20.7. The molecule has 1 aliphatic rings. The smallest absolute Gasteiger partial charge is 0.119 e. The number of nitrogens with zero attached hydrogens (tertiary/aromatic N) is 1. The molecule has 3 aromatic carbocycles. The Morgan fingerprint density at radius 1 is 0.853 bits per heavy atom. The van der Waals surface area contributed by atoms with Crippen molar-refractivity contribution in [2.45, 2.75) is 13.3 Å². The molecular weight excluding hydrogens is 446 g/mol. The van der Waals surface area contributed by atoms with Crippen LogP contribution in [0.2, 0.25) is 5.02 Å². The first kappa shape index (κ1) is 24.3. The van der Waals surface area contributed by atoms with Crippen LogP contribution in [0.5, 0.6) is 11.5 Å². The van der Waals surface area contributed by atoms with E-state index in [1.807, 2.05) is 24.3 Å². The third-order valence-corrected chi connectivity index (χ3v) is 6.36. The summed E-state index contributed by atoms with van der Waals surface area (Å²) in [6, 6.07) is 24.7. The first-order valence-electron chi connectivity index (χ1n) is 11.7. The van der Waals surface area contributed by atoms with Crippen LogP contribution in [-0.2, 0) is 11.2 Å². The third kappa shape index (κ3) is 6.63. The van der Waals surface area contributed by atoms with Crippen molar-refractivity contribution in [3.05, 3.63) is 100 Å². The number of rotatable bonds is 9. The second-order valence-corrected chi connectivity index (χ2v) is 8.95. The number of benzene rings is 3. The summed E-state index contributed by atoms with van der Waals surface area (Å²) in [6.45, 7) is 7.36. The number of halogens is 1. The quantitative estimate of drug-likeness (QED) is 0.371. The Hall–Kier alpha value is -2.79. The zero-order valence-electron chi connectivity index (χ0n) is 19.9. The summed E-state index contributed by atoms with van der Waals surface area (Å²) in [4.78, 5) is 2.38. The van der Waals surface area contributed by atoms with E-state index >= 15 is 0 Å². The minimum absolute atomic E-state index is 0.676. The highest BCUT2D eigenvalue weighted by Crippen LogP contribution is 2.31. The van der Waals surface area contributed by atoms with Gasteiger partial charge in [-0.25, -0.2) is 0 Å². The summed E-state index contributed by atoms with van der Waals surface area (Å²) < 4.78 is 16.7. The molecule has 1 aliphatic heterocycles. The van der Waals surface area contributed by atoms with Crippen LogP contribution in [0.25, 0.3) is 5.57 Å². The molecule has 3 aromatic rings. The van der Waals surface area contributed by atoms with Gasteiger partial charge < -0.3 is 14.2 Å². The van der Waals surface area contributed by atoms with Crippen molar-refractivity contribution in [1.29, 1.82) is 0 Å². The summed E-state index contributed by atoms with van der Waals surface area (Å²) in [5, 5.41) is 0.736. The molecule has 1 saturated heterocycles. The lowest BCUT2D eigenvalue weighted by atomic mass is 9.90. The molecule has 0 spiro atoms. The fourth-order valence-electron chi connectivity index (χ4n) is 4.25. The van der Waals surface area contributed by atoms with E-state index in [2.05, 4.69) is 60.4 Å². The standard InChI is InChI=1S/C29H32ClNO3/c1-22(21-23-3-11-27(32-2)12-4-23)29(24-5-9-26(30)10-6-24)25-7-13-28(14-8-25)34-20-17-31-15-18-33-19-16-31/h3-14H,15-21H2,1-2H3/b29-22+. The van der Waals surface area contributed by atoms with Crippen molar-refractivity contribution < 1.29 is 14.2 Å². The van der Waals surface area contributed by atoms with Crippen molar-refractivity contribution in [2.24, 2.45) is 0 Å². The highest BCUT2D eigenvalue weighted by atomic mass is 35.5. The molecule has 0 N–H and O–H groups in total. The third-order valence-electron chi connectivity index (χ3n) is 6.11. The van der Waals surface area contributed by atoms with Crippen molar-refractivity contribution in [1.82, 2.24) is 4.90 Å². The van der Waals surface area contributed by atoms with E-state index < -0.39 is 0 Å². The number of ether oxygens (including phenoxy) is 3. The van der Waals surface area contributed by atoms with E-state index in [1.54, 1.807) is 7.11 Å². The van der Waals surface area contributed by atoms with Gasteiger partial charge in [-0.3, -0.25) is 4.90 Å². The lowest BCUT2D eigenvalue weighted by molar-refractivity contribution is 0.0322. The van der Waals surface area contributed by atoms with Crippen LogP contribution in [-0.4, -0.2) is 51.5 Å². The van der Waals surface area contributed by atoms with Crippen LogP contribution in [0, 0.1) is 0 Å². The highest BCUT2D eigenvalue weighted by Gasteiger charge is 2.12. The topological polar surface area (TPSA) is 30.9 Å². The van der Waals surface area contributed by atoms with Crippen molar-refractivity contribution >= 4 is 17.2 Å². The molecule has 4 nitrogen and oxygen atoms in total. The first-order valence-corrected chi connectivity index (χ1v) is 12.1. The molecule has 5 heteroatoms. The molecule has 0 atom stereocenters. The van der Waals surface area contributed by atoms with Crippen molar-refractivity contribution in [3.63, 3.8) is 0 Å². The van der Waals surface area contributed by atoms with Gasteiger partial charge in [0.1, 0.15) is 18.1 Å². The van der Waals surface area contributed by atoms with E-state index in [1.165, 1.54) is 16.7 Å². The largest absolute Gasteiger partial charge is 0.497 e. The molecule has 178 valence electrons. The van der Waals surface area contributed by atoms with Gasteiger partial charge in [-0.05, 0) is 72.0 Å². The summed E-state index contributed by atoms with van der Waals surface area (Å²) in [5.41, 5.74) is 6.05. The van der Waals surface area contributed by atoms with Crippen LogP contribution in [0.1, 0.15) is 23.6 Å². The maximum atomic E-state index is 6.17. The maximum Gasteiger partial charge on any atom is 0.119 e. The van der Waals surface area contributed by atoms with Gasteiger partial charge in [-0.1, -0.05) is 53.6 Å². The normalized spacial score (nSPS) is 15.0. The van der Waals surface area contributed by atoms with Gasteiger partial charge in [0.25, 0.3) is 0 Å². The Labute approximate surface area is 207 Å². The fraction of sp³-hybridized carbons (Fsp3) is 0.310. The molecular formula is C29H32ClNO3. The van der Waals surface area contributed by atoms with Gasteiger partial charge in [0.15, 0.2) is 0 Å². The number of hydrogen-bond acceptors (Lipinski definition) is 4. The van der Waals surface area contributed by atoms with Gasteiger partial charge in [-0.15, -0.1) is 0 Å². The molecule has 34 heavy (non-hydrogen) atoms. The SMILES string of the molecule is COc1ccc(C/C(C)=C(\c2ccc(Cl)cc2)c2ccc(OCCN3CCOCC3)cc2)cc1. The van der Waals surface area contributed by atoms with Crippen LogP contribution in [0.3, 0.4) is 0 Å². The molecule has 0 aromatic heterocycles. The number of allylic oxidation sites excluding steroid dienone is 1. The highest BCUT2D eigenvalue weighted by molar-refractivity contribution is 6.30. The van der Waals surface area contributed by atoms with Crippen LogP contribution >= 0.6 is 11.6 Å². The van der Waals surface area contributed by atoms with Gasteiger partial charge in [0.2, 0.25) is 0 Å². The molecule has 1 fully saturated rings. The van der Waals surface area contributed by atoms with E-state index in [9.17, 15) is 0 Å². The Balaban J connectivity index is 1.52. The van der Waals surface area contributed by atoms with E-state index in [4.69, 9.17) is 25.8 Å². The Bertz CT molecular complexity index is 1070. The Morgan fingerprint density at radius 3 is 2.06 bits per heavy atom. The lowest BCUT2D eigenvalue weighted by Crippen LogP contribution is -2.38. The van der Waals surface area contributed by atoms with E-state index in [-0.39, 0.29) is 0 Å². The zero-order chi connectivity index (χ0) is 23.8. The van der Waals surface area contributed by atoms with E-state index in [0.29, 0.717) is 6.61 Å². The monoisotopic (exact) mass is 477 g/mol. The predicted octanol–water partition coefficient (Wildman–Crippen LogP) is 6.12. The molecule has 0 unspecified atom stereocenters. The molecule has 0 aliphatic carbocycles. The van der Waals surface area contributed by atoms with Gasteiger partial charge in [-0.2, -0.15) is 0 Å². The second-order valence-electron chi connectivity index (χ2n) is 8.51. The average Bonchev–Trinajstić information content (AvgIpc) is 2.87. The maximum absolute atomic E-state index is 6.17. The van der Waals surface area contributed by atoms with Crippen LogP contribution in [0.15, 0.2) is 78.4 Å². The summed E-state index contributed by atoms with van der Waals surface area (Å²) in [6.07, 6.45) is 0.847. The number of methoxy groups -OCH3 is 1. The Morgan fingerprint density at radius 2 is 1.44 bits per heavy atom. The summed E-state index contributed by atoms with van der Waals surface area (Å²) in [7, 11) is 1.69. The lowest BCUT2D eigenvalue weighted by Gasteiger charge is -2.26. The number of hydrogen-bond donors (Lipinski definition) is 0. The van der Waals surface area contributed by atoms with Crippen LogP contribution < -0.4 is 9.47 Å². The number of morpholine rings is 1. The van der Waals surface area contributed by atoms with Crippen LogP contribution in [0.4, 0.5) is 0 Å². The van der Waals surface area contributed by atoms with Crippen molar-refractivity contribution in [2.75, 3.05) is 46.6 Å². The Kier molecular flexibility index (Phi) is 8.64. The summed E-state index contributed by atoms with van der Waals surface area (Å²) >= 11 is 6.17.